The van der Waals surface area contributed by atoms with E-state index in [1.165, 1.54) is 12.1 Å². The van der Waals surface area contributed by atoms with Crippen LogP contribution in [0, 0.1) is 11.6 Å². The number of para-hydroxylation sites is 1. The van der Waals surface area contributed by atoms with Gasteiger partial charge < -0.3 is 15.2 Å². The largest absolute Gasteiger partial charge is 0.451 e. The molecular formula is C18H21F2NO2. The molecule has 0 aliphatic carbocycles. The fraction of sp³-hybridized carbons (Fsp3) is 0.333. The Labute approximate surface area is 134 Å². The summed E-state index contributed by atoms with van der Waals surface area (Å²) in [5.74, 6) is -1.45. The van der Waals surface area contributed by atoms with Crippen LogP contribution in [-0.2, 0) is 0 Å². The van der Waals surface area contributed by atoms with Crippen LogP contribution >= 0.6 is 0 Å². The number of ether oxygens (including phenoxy) is 1. The predicted molar refractivity (Wildman–Crippen MR) is 85.6 cm³/mol. The van der Waals surface area contributed by atoms with Gasteiger partial charge in [0.2, 0.25) is 0 Å². The lowest BCUT2D eigenvalue weighted by Crippen LogP contribution is -2.23. The molecule has 0 spiro atoms. The first-order chi connectivity index (χ1) is 11.2. The Morgan fingerprint density at radius 3 is 2.52 bits per heavy atom. The average Bonchev–Trinajstić information content (AvgIpc) is 2.57. The molecule has 0 heterocycles. The summed E-state index contributed by atoms with van der Waals surface area (Å²) in [6.45, 7) is 2.54. The van der Waals surface area contributed by atoms with E-state index in [1.807, 2.05) is 6.92 Å². The molecule has 0 aromatic heterocycles. The fourth-order valence-electron chi connectivity index (χ4n) is 2.35. The van der Waals surface area contributed by atoms with Gasteiger partial charge >= 0.3 is 0 Å². The fourth-order valence-corrected chi connectivity index (χ4v) is 2.35. The van der Waals surface area contributed by atoms with Crippen LogP contribution < -0.4 is 10.1 Å². The van der Waals surface area contributed by atoms with Gasteiger partial charge in [0, 0.05) is 18.2 Å². The van der Waals surface area contributed by atoms with Crippen molar-refractivity contribution in [2.45, 2.75) is 25.8 Å². The summed E-state index contributed by atoms with van der Waals surface area (Å²) in [6.07, 6.45) is 1.21. The summed E-state index contributed by atoms with van der Waals surface area (Å²) < 4.78 is 34.1. The van der Waals surface area contributed by atoms with E-state index in [0.29, 0.717) is 30.7 Å². The molecule has 0 aliphatic rings. The Morgan fingerprint density at radius 1 is 1.13 bits per heavy atom. The van der Waals surface area contributed by atoms with Crippen molar-refractivity contribution in [3.63, 3.8) is 0 Å². The topological polar surface area (TPSA) is 41.5 Å². The van der Waals surface area contributed by atoms with Crippen LogP contribution in [0.5, 0.6) is 11.5 Å². The Morgan fingerprint density at radius 2 is 1.87 bits per heavy atom. The lowest BCUT2D eigenvalue weighted by molar-refractivity contribution is 0.282. The minimum atomic E-state index is -0.736. The third-order valence-corrected chi connectivity index (χ3v) is 3.55. The molecule has 1 atom stereocenters. The zero-order valence-electron chi connectivity index (χ0n) is 13.1. The summed E-state index contributed by atoms with van der Waals surface area (Å²) >= 11 is 0. The van der Waals surface area contributed by atoms with Crippen molar-refractivity contribution in [3.8, 4) is 11.5 Å². The molecule has 2 aromatic carbocycles. The highest BCUT2D eigenvalue weighted by molar-refractivity contribution is 5.38. The van der Waals surface area contributed by atoms with E-state index in [4.69, 9.17) is 9.84 Å². The van der Waals surface area contributed by atoms with E-state index in [0.717, 1.165) is 0 Å². The highest BCUT2D eigenvalue weighted by atomic mass is 19.1. The Hall–Kier alpha value is -1.98. The van der Waals surface area contributed by atoms with Crippen molar-refractivity contribution >= 4 is 0 Å². The molecule has 0 saturated heterocycles. The van der Waals surface area contributed by atoms with Gasteiger partial charge in [0.05, 0.1) is 0 Å². The van der Waals surface area contributed by atoms with E-state index in [-0.39, 0.29) is 12.6 Å². The van der Waals surface area contributed by atoms with Crippen LogP contribution in [0.2, 0.25) is 0 Å². The van der Waals surface area contributed by atoms with Gasteiger partial charge in [-0.2, -0.15) is 0 Å². The van der Waals surface area contributed by atoms with Gasteiger partial charge in [-0.05, 0) is 37.6 Å². The predicted octanol–water partition coefficient (Wildman–Crippen LogP) is 4.18. The van der Waals surface area contributed by atoms with Crippen molar-refractivity contribution in [3.05, 3.63) is 59.7 Å². The van der Waals surface area contributed by atoms with Crippen LogP contribution in [0.25, 0.3) is 0 Å². The highest BCUT2D eigenvalue weighted by Crippen LogP contribution is 2.32. The minimum Gasteiger partial charge on any atom is -0.451 e. The summed E-state index contributed by atoms with van der Waals surface area (Å²) in [5.41, 5.74) is 0.359. The van der Waals surface area contributed by atoms with Gasteiger partial charge in [0.25, 0.3) is 0 Å². The van der Waals surface area contributed by atoms with Gasteiger partial charge in [-0.3, -0.25) is 0 Å². The van der Waals surface area contributed by atoms with Crippen molar-refractivity contribution < 1.29 is 18.6 Å². The normalized spacial score (nSPS) is 12.2. The summed E-state index contributed by atoms with van der Waals surface area (Å²) in [6, 6.07) is 10.9. The van der Waals surface area contributed by atoms with Crippen molar-refractivity contribution in [1.82, 2.24) is 5.32 Å². The quantitative estimate of drug-likeness (QED) is 0.717. The zero-order valence-corrected chi connectivity index (χ0v) is 13.1. The molecule has 0 radical (unpaired) electrons. The molecular weight excluding hydrogens is 300 g/mol. The lowest BCUT2D eigenvalue weighted by atomic mass is 10.0. The molecule has 0 aliphatic heterocycles. The number of nitrogens with one attached hydrogen (secondary N) is 1. The molecule has 2 N–H and O–H groups in total. The second-order valence-electron chi connectivity index (χ2n) is 5.19. The number of aliphatic hydroxyl groups is 1. The molecule has 23 heavy (non-hydrogen) atoms. The Balaban J connectivity index is 2.26. The molecule has 124 valence electrons. The number of hydrogen-bond donors (Lipinski definition) is 2. The molecule has 3 nitrogen and oxygen atoms in total. The van der Waals surface area contributed by atoms with Crippen LogP contribution in [0.3, 0.4) is 0 Å². The van der Waals surface area contributed by atoms with E-state index in [9.17, 15) is 8.78 Å². The molecule has 0 amide bonds. The van der Waals surface area contributed by atoms with Gasteiger partial charge in [0.1, 0.15) is 5.75 Å². The van der Waals surface area contributed by atoms with Crippen LogP contribution in [0.4, 0.5) is 8.78 Å². The number of halogens is 2. The number of aliphatic hydroxyl groups excluding tert-OH is 1. The molecule has 2 rings (SSSR count). The molecule has 2 aromatic rings. The van der Waals surface area contributed by atoms with E-state index >= 15 is 0 Å². The smallest absolute Gasteiger partial charge is 0.198 e. The Kier molecular flexibility index (Phi) is 6.50. The highest BCUT2D eigenvalue weighted by Gasteiger charge is 2.21. The molecule has 0 bridgehead atoms. The van der Waals surface area contributed by atoms with Crippen LogP contribution in [-0.4, -0.2) is 18.3 Å². The SMILES string of the molecule is CCC(NCCCO)c1ccc(F)c(Oc2ccccc2)c1F. The number of rotatable bonds is 8. The third-order valence-electron chi connectivity index (χ3n) is 3.55. The van der Waals surface area contributed by atoms with E-state index < -0.39 is 17.4 Å². The summed E-state index contributed by atoms with van der Waals surface area (Å²) in [4.78, 5) is 0. The van der Waals surface area contributed by atoms with E-state index in [1.54, 1.807) is 30.3 Å². The molecule has 0 saturated carbocycles. The first-order valence-electron chi connectivity index (χ1n) is 7.72. The monoisotopic (exact) mass is 321 g/mol. The standard InChI is InChI=1S/C18H21F2NO2/c1-2-16(21-11-6-12-22)14-9-10-15(19)18(17(14)20)23-13-7-4-3-5-8-13/h3-5,7-10,16,21-22H,2,6,11-12H2,1H3. The van der Waals surface area contributed by atoms with Gasteiger partial charge in [-0.25, -0.2) is 8.78 Å². The van der Waals surface area contributed by atoms with Gasteiger partial charge in [0.15, 0.2) is 17.4 Å². The van der Waals surface area contributed by atoms with Crippen molar-refractivity contribution in [2.75, 3.05) is 13.2 Å². The van der Waals surface area contributed by atoms with Crippen molar-refractivity contribution in [2.24, 2.45) is 0 Å². The van der Waals surface area contributed by atoms with Gasteiger partial charge in [-0.1, -0.05) is 31.2 Å². The second-order valence-corrected chi connectivity index (χ2v) is 5.19. The maximum atomic E-state index is 14.7. The Bertz CT molecular complexity index is 620. The molecule has 5 heteroatoms. The van der Waals surface area contributed by atoms with Crippen LogP contribution in [0.1, 0.15) is 31.4 Å². The summed E-state index contributed by atoms with van der Waals surface area (Å²) in [7, 11) is 0. The molecule has 0 fully saturated rings. The first kappa shape index (κ1) is 17.4. The third kappa shape index (κ3) is 4.50. The maximum Gasteiger partial charge on any atom is 0.198 e. The number of hydrogen-bond acceptors (Lipinski definition) is 3. The summed E-state index contributed by atoms with van der Waals surface area (Å²) in [5, 5.41) is 12.0. The van der Waals surface area contributed by atoms with Gasteiger partial charge in [-0.15, -0.1) is 0 Å². The minimum absolute atomic E-state index is 0.0672. The molecule has 1 unspecified atom stereocenters. The first-order valence-corrected chi connectivity index (χ1v) is 7.72. The number of benzene rings is 2. The van der Waals surface area contributed by atoms with Crippen molar-refractivity contribution in [1.29, 1.82) is 0 Å². The van der Waals surface area contributed by atoms with E-state index in [2.05, 4.69) is 5.32 Å². The second kappa shape index (κ2) is 8.60. The maximum absolute atomic E-state index is 14.7. The average molecular weight is 321 g/mol. The zero-order chi connectivity index (χ0) is 16.7. The lowest BCUT2D eigenvalue weighted by Gasteiger charge is -2.19. The van der Waals surface area contributed by atoms with Crippen LogP contribution in [0.15, 0.2) is 42.5 Å².